The minimum atomic E-state index is -3.43. The Bertz CT molecular complexity index is 613. The Morgan fingerprint density at radius 3 is 2.36 bits per heavy atom. The van der Waals surface area contributed by atoms with Gasteiger partial charge in [0.15, 0.2) is 5.03 Å². The SMILES string of the molecule is CC(C)n1cnc(S(=O)(=O)N2CC(N3CCN(C)CC3)C2)c1. The van der Waals surface area contributed by atoms with Crippen molar-refractivity contribution in [3.05, 3.63) is 12.5 Å². The van der Waals surface area contributed by atoms with Gasteiger partial charge < -0.3 is 9.47 Å². The molecule has 1 aromatic heterocycles. The summed E-state index contributed by atoms with van der Waals surface area (Å²) in [7, 11) is -1.31. The first-order valence-corrected chi connectivity index (χ1v) is 9.28. The number of hydrogen-bond donors (Lipinski definition) is 0. The van der Waals surface area contributed by atoms with Gasteiger partial charge in [0, 0.05) is 57.5 Å². The van der Waals surface area contributed by atoms with Crippen LogP contribution in [0.4, 0.5) is 0 Å². The van der Waals surface area contributed by atoms with Gasteiger partial charge in [0.25, 0.3) is 10.0 Å². The molecule has 0 atom stereocenters. The molecule has 0 bridgehead atoms. The molecular weight excluding hydrogens is 302 g/mol. The van der Waals surface area contributed by atoms with E-state index >= 15 is 0 Å². The van der Waals surface area contributed by atoms with Crippen LogP contribution in [0.15, 0.2) is 17.6 Å². The Balaban J connectivity index is 1.61. The van der Waals surface area contributed by atoms with Crippen molar-refractivity contribution in [3.8, 4) is 0 Å². The number of likely N-dealkylation sites (N-methyl/N-ethyl adjacent to an activating group) is 1. The van der Waals surface area contributed by atoms with Crippen molar-refractivity contribution in [1.29, 1.82) is 0 Å². The lowest BCUT2D eigenvalue weighted by Gasteiger charge is -2.46. The number of imidazole rings is 1. The largest absolute Gasteiger partial charge is 0.334 e. The van der Waals surface area contributed by atoms with Crippen molar-refractivity contribution in [3.63, 3.8) is 0 Å². The molecule has 0 saturated carbocycles. The molecule has 3 heterocycles. The van der Waals surface area contributed by atoms with Gasteiger partial charge in [0.2, 0.25) is 0 Å². The highest BCUT2D eigenvalue weighted by Gasteiger charge is 2.41. The highest BCUT2D eigenvalue weighted by Crippen LogP contribution is 2.24. The molecule has 2 fully saturated rings. The monoisotopic (exact) mass is 327 g/mol. The second-order valence-corrected chi connectivity index (χ2v) is 8.45. The van der Waals surface area contributed by atoms with Crippen LogP contribution in [0.5, 0.6) is 0 Å². The lowest BCUT2D eigenvalue weighted by atomic mass is 10.1. The fourth-order valence-electron chi connectivity index (χ4n) is 2.90. The third-order valence-electron chi connectivity index (χ3n) is 4.66. The Morgan fingerprint density at radius 2 is 1.82 bits per heavy atom. The van der Waals surface area contributed by atoms with Crippen LogP contribution >= 0.6 is 0 Å². The fraction of sp³-hybridized carbons (Fsp3) is 0.786. The summed E-state index contributed by atoms with van der Waals surface area (Å²) in [6, 6.07) is 0.571. The average Bonchev–Trinajstić information content (AvgIpc) is 2.89. The van der Waals surface area contributed by atoms with E-state index in [9.17, 15) is 8.42 Å². The van der Waals surface area contributed by atoms with E-state index in [1.54, 1.807) is 16.8 Å². The molecule has 8 heteroatoms. The fourth-order valence-corrected chi connectivity index (χ4v) is 4.33. The van der Waals surface area contributed by atoms with Crippen LogP contribution in [0.3, 0.4) is 0 Å². The van der Waals surface area contributed by atoms with Crippen molar-refractivity contribution < 1.29 is 8.42 Å². The van der Waals surface area contributed by atoms with E-state index in [2.05, 4.69) is 21.8 Å². The summed E-state index contributed by atoms with van der Waals surface area (Å²) in [6.45, 7) is 9.34. The van der Waals surface area contributed by atoms with Gasteiger partial charge in [-0.25, -0.2) is 13.4 Å². The van der Waals surface area contributed by atoms with Crippen molar-refractivity contribution in [2.45, 2.75) is 31.0 Å². The molecule has 2 saturated heterocycles. The average molecular weight is 327 g/mol. The maximum atomic E-state index is 12.6. The van der Waals surface area contributed by atoms with Crippen LogP contribution in [0.25, 0.3) is 0 Å². The molecule has 0 N–H and O–H groups in total. The molecule has 0 unspecified atom stereocenters. The van der Waals surface area contributed by atoms with E-state index in [0.29, 0.717) is 19.1 Å². The summed E-state index contributed by atoms with van der Waals surface area (Å²) in [5, 5.41) is 0.165. The Kier molecular flexibility index (Phi) is 4.28. The molecule has 3 rings (SSSR count). The topological polar surface area (TPSA) is 61.7 Å². The summed E-state index contributed by atoms with van der Waals surface area (Å²) < 4.78 is 28.5. The summed E-state index contributed by atoms with van der Waals surface area (Å²) in [6.07, 6.45) is 3.22. The molecule has 22 heavy (non-hydrogen) atoms. The van der Waals surface area contributed by atoms with Crippen molar-refractivity contribution in [2.75, 3.05) is 46.3 Å². The first-order valence-electron chi connectivity index (χ1n) is 7.84. The van der Waals surface area contributed by atoms with E-state index in [0.717, 1.165) is 26.2 Å². The molecule has 1 aromatic rings. The van der Waals surface area contributed by atoms with Crippen LogP contribution < -0.4 is 0 Å². The molecule has 0 aromatic carbocycles. The number of nitrogens with zero attached hydrogens (tertiary/aromatic N) is 5. The Morgan fingerprint density at radius 1 is 1.18 bits per heavy atom. The maximum Gasteiger partial charge on any atom is 0.262 e. The second-order valence-electron chi connectivity index (χ2n) is 6.57. The van der Waals surface area contributed by atoms with Gasteiger partial charge in [-0.05, 0) is 20.9 Å². The van der Waals surface area contributed by atoms with Crippen LogP contribution in [0.2, 0.25) is 0 Å². The third kappa shape index (κ3) is 2.92. The molecule has 124 valence electrons. The molecule has 2 aliphatic heterocycles. The quantitative estimate of drug-likeness (QED) is 0.784. The minimum Gasteiger partial charge on any atom is -0.334 e. The highest BCUT2D eigenvalue weighted by molar-refractivity contribution is 7.89. The zero-order valence-electron chi connectivity index (χ0n) is 13.5. The Labute approximate surface area is 132 Å². The number of aromatic nitrogens is 2. The summed E-state index contributed by atoms with van der Waals surface area (Å²) >= 11 is 0. The number of piperazine rings is 1. The van der Waals surface area contributed by atoms with Crippen LogP contribution in [-0.2, 0) is 10.0 Å². The molecular formula is C14H25N5O2S. The second kappa shape index (κ2) is 5.92. The molecule has 0 amide bonds. The van der Waals surface area contributed by atoms with Crippen molar-refractivity contribution in [1.82, 2.24) is 23.7 Å². The normalized spacial score (nSPS) is 23.1. The standard InChI is InChI=1S/C14H25N5O2S/c1-12(2)18-10-14(15-11-18)22(20,21)19-8-13(9-19)17-6-4-16(3)5-7-17/h10-13H,4-9H2,1-3H3. The maximum absolute atomic E-state index is 12.6. The summed E-state index contributed by atoms with van der Waals surface area (Å²) in [5.41, 5.74) is 0. The van der Waals surface area contributed by atoms with Crippen LogP contribution in [0.1, 0.15) is 19.9 Å². The Hall–Kier alpha value is -0.960. The van der Waals surface area contributed by atoms with E-state index in [1.807, 2.05) is 18.4 Å². The van der Waals surface area contributed by atoms with E-state index in [4.69, 9.17) is 0 Å². The predicted octanol–water partition coefficient (Wildman–Crippen LogP) is 0.0843. The van der Waals surface area contributed by atoms with Crippen molar-refractivity contribution in [2.24, 2.45) is 0 Å². The first-order chi connectivity index (χ1) is 10.4. The zero-order chi connectivity index (χ0) is 15.9. The van der Waals surface area contributed by atoms with Gasteiger partial charge in [-0.15, -0.1) is 0 Å². The minimum absolute atomic E-state index is 0.165. The van der Waals surface area contributed by atoms with E-state index in [-0.39, 0.29) is 11.1 Å². The van der Waals surface area contributed by atoms with E-state index < -0.39 is 10.0 Å². The summed E-state index contributed by atoms with van der Waals surface area (Å²) in [4.78, 5) is 8.78. The van der Waals surface area contributed by atoms with E-state index in [1.165, 1.54) is 0 Å². The molecule has 7 nitrogen and oxygen atoms in total. The number of rotatable bonds is 4. The van der Waals surface area contributed by atoms with Gasteiger partial charge >= 0.3 is 0 Å². The first kappa shape index (κ1) is 15.9. The lowest BCUT2D eigenvalue weighted by molar-refractivity contribution is 0.0483. The van der Waals surface area contributed by atoms with Gasteiger partial charge in [-0.1, -0.05) is 0 Å². The van der Waals surface area contributed by atoms with Crippen LogP contribution in [-0.4, -0.2) is 84.4 Å². The van der Waals surface area contributed by atoms with Crippen molar-refractivity contribution >= 4 is 10.0 Å². The lowest BCUT2D eigenvalue weighted by Crippen LogP contribution is -2.63. The smallest absolute Gasteiger partial charge is 0.262 e. The number of sulfonamides is 1. The van der Waals surface area contributed by atoms with Crippen LogP contribution in [0, 0.1) is 0 Å². The predicted molar refractivity (Wildman–Crippen MR) is 84.2 cm³/mol. The van der Waals surface area contributed by atoms with Gasteiger partial charge in [0.1, 0.15) is 0 Å². The molecule has 2 aliphatic rings. The molecule has 0 radical (unpaired) electrons. The third-order valence-corrected chi connectivity index (χ3v) is 6.38. The van der Waals surface area contributed by atoms with Gasteiger partial charge in [0.05, 0.1) is 6.33 Å². The highest BCUT2D eigenvalue weighted by atomic mass is 32.2. The van der Waals surface area contributed by atoms with Gasteiger partial charge in [-0.3, -0.25) is 4.90 Å². The molecule has 0 aliphatic carbocycles. The number of hydrogen-bond acceptors (Lipinski definition) is 5. The zero-order valence-corrected chi connectivity index (χ0v) is 14.3. The molecule has 0 spiro atoms. The summed E-state index contributed by atoms with van der Waals surface area (Å²) in [5.74, 6) is 0. The van der Waals surface area contributed by atoms with Gasteiger partial charge in [-0.2, -0.15) is 4.31 Å².